The van der Waals surface area contributed by atoms with Gasteiger partial charge in [0.1, 0.15) is 0 Å². The van der Waals surface area contributed by atoms with E-state index >= 15 is 0 Å². The first-order chi connectivity index (χ1) is 27.3. The number of aromatic nitrogens is 2. The maximum Gasteiger partial charge on any atom is 0.0750 e. The van der Waals surface area contributed by atoms with Crippen LogP contribution in [0.15, 0.2) is 198 Å². The van der Waals surface area contributed by atoms with Crippen LogP contribution in [0.3, 0.4) is 0 Å². The monoisotopic (exact) mass is 936 g/mol. The average molecular weight is 938 g/mol. The smallest absolute Gasteiger partial charge is 0.0750 e. The molecule has 263 valence electrons. The molecule has 0 unspecified atom stereocenters. The van der Waals surface area contributed by atoms with Gasteiger partial charge >= 0.3 is 0 Å². The second kappa shape index (κ2) is 14.0. The van der Waals surface area contributed by atoms with Crippen molar-refractivity contribution >= 4 is 88.0 Å². The van der Waals surface area contributed by atoms with Crippen LogP contribution in [-0.2, 0) is 0 Å². The third-order valence-corrected chi connectivity index (χ3v) is 10.9. The first kappa shape index (κ1) is 34.1. The maximum absolute atomic E-state index is 5.22. The molecule has 9 aromatic carbocycles. The minimum atomic E-state index is 0. The molecular weight excluding hydrogens is 906 g/mol. The van der Waals surface area contributed by atoms with Gasteiger partial charge in [-0.3, -0.25) is 0 Å². The second-order valence-electron chi connectivity index (χ2n) is 13.9. The quantitative estimate of drug-likeness (QED) is 0.0713. The molecule has 1 radical (unpaired) electrons. The van der Waals surface area contributed by atoms with Crippen molar-refractivity contribution in [2.45, 2.75) is 0 Å². The van der Waals surface area contributed by atoms with Crippen LogP contribution in [0.5, 0.6) is 0 Å². The summed E-state index contributed by atoms with van der Waals surface area (Å²) < 4.78 is 4.69. The van der Waals surface area contributed by atoms with Gasteiger partial charge in [-0.15, -0.1) is 29.8 Å². The molecule has 56 heavy (non-hydrogen) atoms. The topological polar surface area (TPSA) is 34.6 Å². The summed E-state index contributed by atoms with van der Waals surface area (Å²) in [5.41, 5.74) is 7.36. The van der Waals surface area contributed by atoms with E-state index in [1.165, 1.54) is 48.5 Å². The molecule has 0 aliphatic carbocycles. The van der Waals surface area contributed by atoms with Crippen molar-refractivity contribution in [1.82, 2.24) is 9.13 Å². The number of rotatable bonds is 5. The average Bonchev–Trinajstić information content (AvgIpc) is 3.76. The van der Waals surface area contributed by atoms with E-state index in [9.17, 15) is 0 Å². The Hall–Kier alpha value is -6.42. The van der Waals surface area contributed by atoms with Crippen molar-refractivity contribution in [2.24, 2.45) is 9.98 Å². The van der Waals surface area contributed by atoms with Crippen molar-refractivity contribution in [3.8, 4) is 5.69 Å². The van der Waals surface area contributed by atoms with E-state index < -0.39 is 0 Å². The van der Waals surface area contributed by atoms with E-state index in [4.69, 9.17) is 9.98 Å². The predicted molar refractivity (Wildman–Crippen MR) is 232 cm³/mol. The van der Waals surface area contributed by atoms with Gasteiger partial charge in [0, 0.05) is 58.6 Å². The first-order valence-electron chi connectivity index (χ1n) is 18.6. The number of nitrogens with zero attached hydrogens (tertiary/aromatic N) is 4. The molecule has 0 aliphatic heterocycles. The van der Waals surface area contributed by atoms with Crippen LogP contribution in [0.4, 0.5) is 0 Å². The molecule has 0 saturated heterocycles. The number of benzene rings is 9. The van der Waals surface area contributed by atoms with E-state index in [2.05, 4.69) is 143 Å². The zero-order chi connectivity index (χ0) is 36.3. The van der Waals surface area contributed by atoms with Crippen LogP contribution in [0.25, 0.3) is 81.6 Å². The zero-order valence-electron chi connectivity index (χ0n) is 30.2. The summed E-state index contributed by atoms with van der Waals surface area (Å²) >= 11 is 0. The molecular formula is C51H32N4Np-2. The summed E-state index contributed by atoms with van der Waals surface area (Å²) in [6.07, 6.45) is 3.25. The second-order valence-corrected chi connectivity index (χ2v) is 13.9. The Kier molecular flexibility index (Phi) is 8.54. The Morgan fingerprint density at radius 1 is 0.429 bits per heavy atom. The van der Waals surface area contributed by atoms with Gasteiger partial charge in [0.15, 0.2) is 0 Å². The number of amidine groups is 1. The molecule has 0 amide bonds. The SMILES string of the molecule is [C-](=NC(=N[CH-]n1c2cc3c4ccccc4c4ccccc4c3cc2c2ccc3c4ccccc4n(-c4ccccc4)c3c21)c1ccccc1)c1ccccc1.[Np]. The van der Waals surface area contributed by atoms with Crippen LogP contribution < -0.4 is 0 Å². The number of hydrogen-bond acceptors (Lipinski definition) is 1. The van der Waals surface area contributed by atoms with Crippen LogP contribution in [0, 0.1) is 36.6 Å². The molecule has 0 N–H and O–H groups in total. The molecule has 2 aromatic heterocycles. The number of aliphatic imine (C=N–C) groups is 2. The molecule has 4 nitrogen and oxygen atoms in total. The van der Waals surface area contributed by atoms with E-state index in [0.717, 1.165) is 44.3 Å². The summed E-state index contributed by atoms with van der Waals surface area (Å²) in [4.78, 5) is 10.1. The van der Waals surface area contributed by atoms with Crippen molar-refractivity contribution in [2.75, 3.05) is 0 Å². The normalized spacial score (nSPS) is 12.2. The minimum Gasteiger partial charge on any atom is -0.419 e. The van der Waals surface area contributed by atoms with E-state index in [-0.39, 0.29) is 29.9 Å². The standard InChI is InChI=1S/C51H32N4.Np/c1-4-16-34(17-5-1)32-52-51(35-18-6-2-7-19-35)53-33-54-48-31-45-40-25-13-11-23-38(40)37-22-10-12-24-39(37)44(45)30-46(48)43-29-28-42-41-26-14-15-27-47(41)55(50(42)49(43)54)36-20-8-3-9-21-36;/h1-31,33H;/q-2;. The number of para-hydroxylation sites is 2. The maximum atomic E-state index is 5.22. The predicted octanol–water partition coefficient (Wildman–Crippen LogP) is 12.8. The summed E-state index contributed by atoms with van der Waals surface area (Å²) in [5, 5.41) is 12.2. The molecule has 5 heteroatoms. The Bertz CT molecular complexity index is 3320. The minimum absolute atomic E-state index is 0. The Labute approximate surface area is 346 Å². The van der Waals surface area contributed by atoms with E-state index in [0.29, 0.717) is 5.84 Å². The molecule has 0 spiro atoms. The van der Waals surface area contributed by atoms with Crippen molar-refractivity contribution in [3.05, 3.63) is 206 Å². The van der Waals surface area contributed by atoms with Gasteiger partial charge in [0.05, 0.1) is 11.4 Å². The van der Waals surface area contributed by atoms with Gasteiger partial charge in [-0.25, -0.2) is 0 Å². The fourth-order valence-electron chi connectivity index (χ4n) is 8.44. The Morgan fingerprint density at radius 3 is 1.61 bits per heavy atom. The molecule has 0 atom stereocenters. The number of hydrogen-bond donors (Lipinski definition) is 0. The Balaban J connectivity index is 0.00000384. The van der Waals surface area contributed by atoms with Gasteiger partial charge in [-0.2, -0.15) is 0 Å². The van der Waals surface area contributed by atoms with Gasteiger partial charge < -0.3 is 19.1 Å². The third kappa shape index (κ3) is 5.45. The molecule has 0 fully saturated rings. The fourth-order valence-corrected chi connectivity index (χ4v) is 8.44. The van der Waals surface area contributed by atoms with Crippen molar-refractivity contribution in [1.29, 1.82) is 0 Å². The van der Waals surface area contributed by atoms with E-state index in [1.807, 2.05) is 67.3 Å². The number of fused-ring (bicyclic) bond motifs is 13. The third-order valence-electron chi connectivity index (χ3n) is 10.9. The summed E-state index contributed by atoms with van der Waals surface area (Å²) in [5.74, 6) is 0.576. The Morgan fingerprint density at radius 2 is 0.946 bits per heavy atom. The molecule has 11 rings (SSSR count). The van der Waals surface area contributed by atoms with Crippen LogP contribution in [0.1, 0.15) is 11.1 Å². The van der Waals surface area contributed by atoms with Crippen LogP contribution >= 0.6 is 0 Å². The molecule has 0 saturated carbocycles. The molecule has 2 heterocycles. The summed E-state index contributed by atoms with van der Waals surface area (Å²) in [7, 11) is 0. The molecule has 0 aliphatic rings. The fraction of sp³-hybridized carbons (Fsp3) is 0. The van der Waals surface area contributed by atoms with E-state index in [1.54, 1.807) is 0 Å². The van der Waals surface area contributed by atoms with Crippen LogP contribution in [0.2, 0.25) is 0 Å². The van der Waals surface area contributed by atoms with Gasteiger partial charge in [-0.1, -0.05) is 146 Å². The molecule has 11 aromatic rings. The summed E-state index contributed by atoms with van der Waals surface area (Å²) in [6.45, 7) is 1.96. The van der Waals surface area contributed by atoms with Gasteiger partial charge in [0.25, 0.3) is 0 Å². The van der Waals surface area contributed by atoms with Crippen LogP contribution in [-0.4, -0.2) is 21.2 Å². The zero-order valence-corrected chi connectivity index (χ0v) is 33.9. The van der Waals surface area contributed by atoms with Gasteiger partial charge in [0.2, 0.25) is 0 Å². The first-order valence-corrected chi connectivity index (χ1v) is 18.6. The van der Waals surface area contributed by atoms with Crippen molar-refractivity contribution in [3.63, 3.8) is 0 Å². The van der Waals surface area contributed by atoms with Gasteiger partial charge in [-0.05, 0) is 84.1 Å². The molecule has 0 bridgehead atoms. The largest absolute Gasteiger partial charge is 0.419 e. The summed E-state index contributed by atoms with van der Waals surface area (Å²) in [6, 6.07) is 66.4. The van der Waals surface area contributed by atoms with Crippen molar-refractivity contribution < 1.29 is 29.9 Å².